The summed E-state index contributed by atoms with van der Waals surface area (Å²) in [5, 5.41) is 0. The van der Waals surface area contributed by atoms with Crippen LogP contribution in [0.4, 0.5) is 4.39 Å². The molecule has 2 aromatic carbocycles. The van der Waals surface area contributed by atoms with Gasteiger partial charge in [0.25, 0.3) is 0 Å². The van der Waals surface area contributed by atoms with E-state index in [-0.39, 0.29) is 22.5 Å². The zero-order valence-corrected chi connectivity index (χ0v) is 14.1. The molecule has 0 saturated carbocycles. The van der Waals surface area contributed by atoms with Crippen molar-refractivity contribution in [3.8, 4) is 0 Å². The standard InChI is InChI=1S/C18H18FNO3S/c1-13(21)15-4-2-5-17(12-15)24(22,23)20-11-3-6-18(20)14-7-9-16(19)10-8-14/h2,4-5,7-10,12,18H,3,6,11H2,1H3. The molecule has 0 aliphatic carbocycles. The molecule has 0 radical (unpaired) electrons. The first-order chi connectivity index (χ1) is 11.4. The van der Waals surface area contributed by atoms with Crippen molar-refractivity contribution in [2.45, 2.75) is 30.7 Å². The number of benzene rings is 2. The lowest BCUT2D eigenvalue weighted by atomic mass is 10.1. The number of rotatable bonds is 4. The predicted molar refractivity (Wildman–Crippen MR) is 88.7 cm³/mol. The largest absolute Gasteiger partial charge is 0.295 e. The van der Waals surface area contributed by atoms with E-state index in [0.29, 0.717) is 18.5 Å². The lowest BCUT2D eigenvalue weighted by Gasteiger charge is -2.24. The Kier molecular flexibility index (Phi) is 4.51. The van der Waals surface area contributed by atoms with Gasteiger partial charge in [0.2, 0.25) is 10.0 Å². The maximum absolute atomic E-state index is 13.1. The summed E-state index contributed by atoms with van der Waals surface area (Å²) >= 11 is 0. The third-order valence-electron chi connectivity index (χ3n) is 4.31. The minimum atomic E-state index is -3.71. The molecule has 1 aliphatic rings. The Labute approximate surface area is 141 Å². The van der Waals surface area contributed by atoms with Crippen molar-refractivity contribution in [2.24, 2.45) is 0 Å². The van der Waals surface area contributed by atoms with Crippen molar-refractivity contribution in [1.29, 1.82) is 0 Å². The first-order valence-electron chi connectivity index (χ1n) is 7.78. The Morgan fingerprint density at radius 3 is 2.54 bits per heavy atom. The van der Waals surface area contributed by atoms with Gasteiger partial charge >= 0.3 is 0 Å². The number of nitrogens with zero attached hydrogens (tertiary/aromatic N) is 1. The highest BCUT2D eigenvalue weighted by Gasteiger charge is 2.36. The van der Waals surface area contributed by atoms with E-state index in [1.165, 1.54) is 35.5 Å². The summed E-state index contributed by atoms with van der Waals surface area (Å²) in [5.41, 5.74) is 1.15. The molecule has 24 heavy (non-hydrogen) atoms. The summed E-state index contributed by atoms with van der Waals surface area (Å²) < 4.78 is 40.6. The summed E-state index contributed by atoms with van der Waals surface area (Å²) in [6.45, 7) is 1.82. The van der Waals surface area contributed by atoms with Crippen LogP contribution in [-0.4, -0.2) is 25.1 Å². The lowest BCUT2D eigenvalue weighted by molar-refractivity contribution is 0.101. The number of carbonyl (C=O) groups is 1. The molecule has 0 bridgehead atoms. The second-order valence-electron chi connectivity index (χ2n) is 5.91. The van der Waals surface area contributed by atoms with E-state index in [0.717, 1.165) is 12.0 Å². The number of hydrogen-bond acceptors (Lipinski definition) is 3. The molecular formula is C18H18FNO3S. The van der Waals surface area contributed by atoms with Crippen LogP contribution >= 0.6 is 0 Å². The molecule has 0 spiro atoms. The highest BCUT2D eigenvalue weighted by Crippen LogP contribution is 2.36. The third kappa shape index (κ3) is 3.12. The number of Topliss-reactive ketones (excluding diaryl/α,β-unsaturated/α-hetero) is 1. The summed E-state index contributed by atoms with van der Waals surface area (Å²) in [4.78, 5) is 11.6. The van der Waals surface area contributed by atoms with Gasteiger partial charge in [-0.25, -0.2) is 12.8 Å². The lowest BCUT2D eigenvalue weighted by Crippen LogP contribution is -2.30. The molecule has 2 aromatic rings. The Bertz CT molecular complexity index is 862. The van der Waals surface area contributed by atoms with E-state index in [9.17, 15) is 17.6 Å². The van der Waals surface area contributed by atoms with Crippen molar-refractivity contribution in [1.82, 2.24) is 4.31 Å². The maximum atomic E-state index is 13.1. The van der Waals surface area contributed by atoms with E-state index in [1.807, 2.05) is 0 Å². The topological polar surface area (TPSA) is 54.5 Å². The van der Waals surface area contributed by atoms with Crippen LogP contribution < -0.4 is 0 Å². The Morgan fingerprint density at radius 2 is 1.88 bits per heavy atom. The van der Waals surface area contributed by atoms with Crippen LogP contribution in [0.2, 0.25) is 0 Å². The summed E-state index contributed by atoms with van der Waals surface area (Å²) in [6, 6.07) is 11.7. The van der Waals surface area contributed by atoms with Gasteiger partial charge in [0.1, 0.15) is 5.82 Å². The van der Waals surface area contributed by atoms with Crippen molar-refractivity contribution >= 4 is 15.8 Å². The van der Waals surface area contributed by atoms with Crippen LogP contribution in [0.5, 0.6) is 0 Å². The highest BCUT2D eigenvalue weighted by atomic mass is 32.2. The molecule has 3 rings (SSSR count). The van der Waals surface area contributed by atoms with Crippen molar-refractivity contribution < 1.29 is 17.6 Å². The van der Waals surface area contributed by atoms with E-state index >= 15 is 0 Å². The van der Waals surface area contributed by atoms with Gasteiger partial charge < -0.3 is 0 Å². The molecular weight excluding hydrogens is 329 g/mol. The van der Waals surface area contributed by atoms with E-state index < -0.39 is 10.0 Å². The first-order valence-corrected chi connectivity index (χ1v) is 9.22. The van der Waals surface area contributed by atoms with Crippen LogP contribution in [0, 0.1) is 5.82 Å². The molecule has 1 aliphatic heterocycles. The van der Waals surface area contributed by atoms with Gasteiger partial charge in [-0.15, -0.1) is 0 Å². The van der Waals surface area contributed by atoms with E-state index in [4.69, 9.17) is 0 Å². The van der Waals surface area contributed by atoms with Crippen molar-refractivity contribution in [3.05, 3.63) is 65.5 Å². The van der Waals surface area contributed by atoms with Crippen molar-refractivity contribution in [3.63, 3.8) is 0 Å². The minimum Gasteiger partial charge on any atom is -0.295 e. The molecule has 1 saturated heterocycles. The number of carbonyl (C=O) groups excluding carboxylic acids is 1. The van der Waals surface area contributed by atoms with Crippen LogP contribution in [0.1, 0.15) is 41.7 Å². The fourth-order valence-corrected chi connectivity index (χ4v) is 4.79. The second kappa shape index (κ2) is 6.45. The van der Waals surface area contributed by atoms with Gasteiger partial charge in [0, 0.05) is 12.1 Å². The van der Waals surface area contributed by atoms with Crippen molar-refractivity contribution in [2.75, 3.05) is 6.54 Å². The van der Waals surface area contributed by atoms with Gasteiger partial charge in [-0.3, -0.25) is 4.79 Å². The number of ketones is 1. The van der Waals surface area contributed by atoms with Gasteiger partial charge in [-0.2, -0.15) is 4.31 Å². The fourth-order valence-electron chi connectivity index (χ4n) is 3.06. The average molecular weight is 347 g/mol. The van der Waals surface area contributed by atoms with Crippen LogP contribution in [0.15, 0.2) is 53.4 Å². The third-order valence-corrected chi connectivity index (χ3v) is 6.21. The summed E-state index contributed by atoms with van der Waals surface area (Å²) in [6.07, 6.45) is 1.44. The quantitative estimate of drug-likeness (QED) is 0.795. The maximum Gasteiger partial charge on any atom is 0.243 e. The molecule has 1 fully saturated rings. The average Bonchev–Trinajstić information content (AvgIpc) is 3.06. The monoisotopic (exact) mass is 347 g/mol. The molecule has 1 atom stereocenters. The highest BCUT2D eigenvalue weighted by molar-refractivity contribution is 7.89. The van der Waals surface area contributed by atoms with Gasteiger partial charge in [-0.1, -0.05) is 24.3 Å². The Morgan fingerprint density at radius 1 is 1.17 bits per heavy atom. The van der Waals surface area contributed by atoms with Gasteiger partial charge in [-0.05, 0) is 49.6 Å². The molecule has 6 heteroatoms. The number of hydrogen-bond donors (Lipinski definition) is 0. The zero-order valence-electron chi connectivity index (χ0n) is 13.3. The summed E-state index contributed by atoms with van der Waals surface area (Å²) in [5.74, 6) is -0.524. The van der Waals surface area contributed by atoms with Crippen LogP contribution in [-0.2, 0) is 10.0 Å². The smallest absolute Gasteiger partial charge is 0.243 e. The number of halogens is 1. The molecule has 126 valence electrons. The minimum absolute atomic E-state index is 0.115. The van der Waals surface area contributed by atoms with E-state index in [1.54, 1.807) is 24.3 Å². The zero-order chi connectivity index (χ0) is 17.3. The van der Waals surface area contributed by atoms with Crippen LogP contribution in [0.3, 0.4) is 0 Å². The normalized spacial score (nSPS) is 18.7. The first kappa shape index (κ1) is 16.8. The molecule has 0 amide bonds. The Balaban J connectivity index is 1.97. The van der Waals surface area contributed by atoms with Crippen LogP contribution in [0.25, 0.3) is 0 Å². The molecule has 0 aromatic heterocycles. The SMILES string of the molecule is CC(=O)c1cccc(S(=O)(=O)N2CCCC2c2ccc(F)cc2)c1. The number of sulfonamides is 1. The molecule has 1 heterocycles. The molecule has 1 unspecified atom stereocenters. The summed E-state index contributed by atoms with van der Waals surface area (Å²) in [7, 11) is -3.71. The fraction of sp³-hybridized carbons (Fsp3) is 0.278. The molecule has 0 N–H and O–H groups in total. The Hall–Kier alpha value is -2.05. The predicted octanol–water partition coefficient (Wildman–Crippen LogP) is 3.55. The van der Waals surface area contributed by atoms with E-state index in [2.05, 4.69) is 0 Å². The van der Waals surface area contributed by atoms with Gasteiger partial charge in [0.05, 0.1) is 10.9 Å². The molecule has 4 nitrogen and oxygen atoms in total. The second-order valence-corrected chi connectivity index (χ2v) is 7.80. The van der Waals surface area contributed by atoms with Gasteiger partial charge in [0.15, 0.2) is 5.78 Å².